The van der Waals surface area contributed by atoms with E-state index in [1.165, 1.54) is 11.0 Å². The number of amides is 1. The Labute approximate surface area is 88.6 Å². The summed E-state index contributed by atoms with van der Waals surface area (Å²) in [5.41, 5.74) is 0.904. The second kappa shape index (κ2) is 4.63. The minimum atomic E-state index is -0.404. The first-order chi connectivity index (χ1) is 7.00. The van der Waals surface area contributed by atoms with Crippen LogP contribution in [0, 0.1) is 6.92 Å². The molecule has 0 unspecified atom stereocenters. The van der Waals surface area contributed by atoms with Crippen molar-refractivity contribution in [1.82, 2.24) is 14.7 Å². The molecule has 1 aromatic heterocycles. The molecule has 1 rings (SSSR count). The topological polar surface area (TPSA) is 58.4 Å². The summed E-state index contributed by atoms with van der Waals surface area (Å²) in [6.07, 6.45) is 3.23. The Morgan fingerprint density at radius 3 is 2.80 bits per heavy atom. The third-order valence-corrected chi connectivity index (χ3v) is 1.87. The van der Waals surface area contributed by atoms with Gasteiger partial charge in [0.25, 0.3) is 5.91 Å². The highest BCUT2D eigenvalue weighted by Crippen LogP contribution is 1.97. The number of aliphatic hydroxyl groups excluding tert-OH is 1. The summed E-state index contributed by atoms with van der Waals surface area (Å²) >= 11 is 0. The number of nitrogens with zero attached hydrogens (tertiary/aromatic N) is 3. The first kappa shape index (κ1) is 11.3. The van der Waals surface area contributed by atoms with E-state index in [1.807, 2.05) is 13.0 Å². The number of carbonyl (C=O) groups is 1. The average molecular weight is 209 g/mol. The van der Waals surface area contributed by atoms with E-state index >= 15 is 0 Å². The van der Waals surface area contributed by atoms with Crippen molar-refractivity contribution in [3.63, 3.8) is 0 Å². The van der Waals surface area contributed by atoms with E-state index in [0.717, 1.165) is 5.69 Å². The molecule has 1 N–H and O–H groups in total. The Morgan fingerprint density at radius 2 is 2.33 bits per heavy atom. The molecule has 0 saturated heterocycles. The molecule has 1 aromatic rings. The molecule has 0 spiro atoms. The van der Waals surface area contributed by atoms with Crippen LogP contribution in [0.15, 0.2) is 24.1 Å². The number of aliphatic hydroxyl groups is 1. The molecule has 0 radical (unpaired) electrons. The standard InChI is InChI=1S/C10H15N3O2/c1-8-4-6-13(11-8)7-5-9(14)10(15)12(2)3/h4-6,14H,7H2,1-3H3/b9-5+. The van der Waals surface area contributed by atoms with Crippen molar-refractivity contribution in [2.75, 3.05) is 14.1 Å². The molecular formula is C10H15N3O2. The van der Waals surface area contributed by atoms with Gasteiger partial charge in [-0.2, -0.15) is 5.10 Å². The summed E-state index contributed by atoms with van der Waals surface area (Å²) in [6.45, 7) is 2.27. The number of carbonyl (C=O) groups excluding carboxylic acids is 1. The van der Waals surface area contributed by atoms with Gasteiger partial charge in [0.2, 0.25) is 0 Å². The maximum absolute atomic E-state index is 11.2. The van der Waals surface area contributed by atoms with Gasteiger partial charge in [0.15, 0.2) is 5.76 Å². The normalized spacial score (nSPS) is 11.5. The van der Waals surface area contributed by atoms with Crippen molar-refractivity contribution in [3.05, 3.63) is 29.8 Å². The van der Waals surface area contributed by atoms with Crippen LogP contribution in [-0.4, -0.2) is 39.8 Å². The molecule has 0 aliphatic heterocycles. The van der Waals surface area contributed by atoms with Crippen LogP contribution in [0.3, 0.4) is 0 Å². The van der Waals surface area contributed by atoms with Crippen LogP contribution in [0.2, 0.25) is 0 Å². The maximum atomic E-state index is 11.2. The molecular weight excluding hydrogens is 194 g/mol. The molecule has 0 fully saturated rings. The summed E-state index contributed by atoms with van der Waals surface area (Å²) in [5, 5.41) is 13.5. The monoisotopic (exact) mass is 209 g/mol. The number of allylic oxidation sites excluding steroid dienone is 1. The average Bonchev–Trinajstić information content (AvgIpc) is 2.59. The van der Waals surface area contributed by atoms with Gasteiger partial charge in [0, 0.05) is 20.3 Å². The lowest BCUT2D eigenvalue weighted by Crippen LogP contribution is -2.23. The van der Waals surface area contributed by atoms with Gasteiger partial charge in [-0.05, 0) is 19.1 Å². The van der Waals surface area contributed by atoms with Gasteiger partial charge in [0.1, 0.15) is 0 Å². The molecule has 5 heteroatoms. The van der Waals surface area contributed by atoms with E-state index in [9.17, 15) is 9.90 Å². The van der Waals surface area contributed by atoms with Crippen molar-refractivity contribution < 1.29 is 9.90 Å². The maximum Gasteiger partial charge on any atom is 0.287 e. The van der Waals surface area contributed by atoms with Crippen LogP contribution < -0.4 is 0 Å². The van der Waals surface area contributed by atoms with E-state index in [2.05, 4.69) is 5.10 Å². The molecule has 1 amide bonds. The van der Waals surface area contributed by atoms with Gasteiger partial charge in [-0.3, -0.25) is 9.48 Å². The Bertz CT molecular complexity index is 380. The fourth-order valence-electron chi connectivity index (χ4n) is 1.06. The van der Waals surface area contributed by atoms with Gasteiger partial charge in [0.05, 0.1) is 12.2 Å². The summed E-state index contributed by atoms with van der Waals surface area (Å²) in [7, 11) is 3.18. The number of likely N-dealkylation sites (N-methyl/N-ethyl adjacent to an activating group) is 1. The van der Waals surface area contributed by atoms with Crippen molar-refractivity contribution in [3.8, 4) is 0 Å². The fourth-order valence-corrected chi connectivity index (χ4v) is 1.06. The van der Waals surface area contributed by atoms with E-state index in [-0.39, 0.29) is 5.76 Å². The van der Waals surface area contributed by atoms with Crippen molar-refractivity contribution in [2.45, 2.75) is 13.5 Å². The Morgan fingerprint density at radius 1 is 1.67 bits per heavy atom. The predicted molar refractivity (Wildman–Crippen MR) is 56.4 cm³/mol. The first-order valence-corrected chi connectivity index (χ1v) is 4.61. The molecule has 0 bridgehead atoms. The lowest BCUT2D eigenvalue weighted by atomic mass is 10.4. The first-order valence-electron chi connectivity index (χ1n) is 4.61. The molecule has 0 saturated carbocycles. The third kappa shape index (κ3) is 3.12. The summed E-state index contributed by atoms with van der Waals surface area (Å²) in [5.74, 6) is -0.660. The van der Waals surface area contributed by atoms with Crippen LogP contribution in [0.1, 0.15) is 5.69 Å². The number of hydrogen-bond donors (Lipinski definition) is 1. The largest absolute Gasteiger partial charge is 0.503 e. The molecule has 0 aliphatic rings. The molecule has 82 valence electrons. The lowest BCUT2D eigenvalue weighted by molar-refractivity contribution is -0.127. The quantitative estimate of drug-likeness (QED) is 0.589. The zero-order valence-electron chi connectivity index (χ0n) is 9.14. The molecule has 15 heavy (non-hydrogen) atoms. The smallest absolute Gasteiger partial charge is 0.287 e. The van der Waals surface area contributed by atoms with Gasteiger partial charge >= 0.3 is 0 Å². The molecule has 0 aliphatic carbocycles. The second-order valence-electron chi connectivity index (χ2n) is 3.47. The summed E-state index contributed by atoms with van der Waals surface area (Å²) in [6, 6.07) is 1.86. The minimum absolute atomic E-state index is 0.256. The van der Waals surface area contributed by atoms with Gasteiger partial charge < -0.3 is 10.0 Å². The number of hydrogen-bond acceptors (Lipinski definition) is 3. The highest BCUT2D eigenvalue weighted by molar-refractivity contribution is 5.90. The number of aryl methyl sites for hydroxylation is 1. The van der Waals surface area contributed by atoms with E-state index in [0.29, 0.717) is 6.54 Å². The Balaban J connectivity index is 2.61. The van der Waals surface area contributed by atoms with E-state index < -0.39 is 5.91 Å². The fraction of sp³-hybridized carbons (Fsp3) is 0.400. The SMILES string of the molecule is Cc1ccn(C/C=C(/O)C(=O)N(C)C)n1. The van der Waals surface area contributed by atoms with Gasteiger partial charge in [-0.1, -0.05) is 0 Å². The molecule has 5 nitrogen and oxygen atoms in total. The highest BCUT2D eigenvalue weighted by Gasteiger charge is 2.08. The zero-order valence-corrected chi connectivity index (χ0v) is 9.14. The highest BCUT2D eigenvalue weighted by atomic mass is 16.3. The molecule has 1 heterocycles. The van der Waals surface area contributed by atoms with Crippen LogP contribution in [0.4, 0.5) is 0 Å². The van der Waals surface area contributed by atoms with Gasteiger partial charge in [-0.15, -0.1) is 0 Å². The van der Waals surface area contributed by atoms with E-state index in [4.69, 9.17) is 0 Å². The number of aromatic nitrogens is 2. The summed E-state index contributed by atoms with van der Waals surface area (Å²) < 4.78 is 1.65. The lowest BCUT2D eigenvalue weighted by Gasteiger charge is -2.08. The van der Waals surface area contributed by atoms with Gasteiger partial charge in [-0.25, -0.2) is 0 Å². The van der Waals surface area contributed by atoms with Crippen molar-refractivity contribution >= 4 is 5.91 Å². The van der Waals surface area contributed by atoms with E-state index in [1.54, 1.807) is 25.0 Å². The molecule has 0 aromatic carbocycles. The Kier molecular flexibility index (Phi) is 3.49. The third-order valence-electron chi connectivity index (χ3n) is 1.87. The van der Waals surface area contributed by atoms with Crippen LogP contribution in [-0.2, 0) is 11.3 Å². The van der Waals surface area contributed by atoms with Crippen molar-refractivity contribution in [1.29, 1.82) is 0 Å². The second-order valence-corrected chi connectivity index (χ2v) is 3.47. The van der Waals surface area contributed by atoms with Crippen LogP contribution in [0.5, 0.6) is 0 Å². The Hall–Kier alpha value is -1.78. The van der Waals surface area contributed by atoms with Crippen LogP contribution >= 0.6 is 0 Å². The predicted octanol–water partition coefficient (Wildman–Crippen LogP) is 0.722. The number of rotatable bonds is 3. The summed E-state index contributed by atoms with van der Waals surface area (Å²) in [4.78, 5) is 12.6. The minimum Gasteiger partial charge on any atom is -0.503 e. The van der Waals surface area contributed by atoms with Crippen molar-refractivity contribution in [2.24, 2.45) is 0 Å². The van der Waals surface area contributed by atoms with Crippen LogP contribution in [0.25, 0.3) is 0 Å². The zero-order chi connectivity index (χ0) is 11.4. The molecule has 0 atom stereocenters.